The van der Waals surface area contributed by atoms with E-state index in [0.717, 1.165) is 11.2 Å². The van der Waals surface area contributed by atoms with Gasteiger partial charge in [0.1, 0.15) is 5.37 Å². The second-order valence-electron chi connectivity index (χ2n) is 5.48. The van der Waals surface area contributed by atoms with E-state index in [9.17, 15) is 4.79 Å². The standard InChI is InChI=1S/C18H16N2OS/c21-17-12-22-18(20(17)11-13-6-2-1-3-7-13)16-10-14-8-4-5-9-15(14)19-16/h1-10,18-19H,11-12H2. The fraction of sp³-hybridized carbons (Fsp3) is 0.167. The van der Waals surface area contributed by atoms with Crippen molar-refractivity contribution in [1.82, 2.24) is 9.88 Å². The predicted octanol–water partition coefficient (Wildman–Crippen LogP) is 3.94. The summed E-state index contributed by atoms with van der Waals surface area (Å²) in [6.45, 7) is 0.659. The van der Waals surface area contributed by atoms with Gasteiger partial charge < -0.3 is 9.88 Å². The van der Waals surface area contributed by atoms with Crippen LogP contribution in [0.3, 0.4) is 0 Å². The van der Waals surface area contributed by atoms with E-state index in [-0.39, 0.29) is 11.3 Å². The van der Waals surface area contributed by atoms with E-state index in [2.05, 4.69) is 35.3 Å². The summed E-state index contributed by atoms with van der Waals surface area (Å²) in [7, 11) is 0. The second-order valence-corrected chi connectivity index (χ2v) is 6.55. The van der Waals surface area contributed by atoms with Crippen LogP contribution in [0.15, 0.2) is 60.7 Å². The molecule has 1 unspecified atom stereocenters. The SMILES string of the molecule is O=C1CSC(c2cc3ccccc3[nH]2)N1Cc1ccccc1. The maximum Gasteiger partial charge on any atom is 0.234 e. The minimum atomic E-state index is 0.0695. The maximum atomic E-state index is 12.3. The molecule has 1 fully saturated rings. The van der Waals surface area contributed by atoms with E-state index in [1.165, 1.54) is 10.9 Å². The van der Waals surface area contributed by atoms with E-state index >= 15 is 0 Å². The first-order valence-electron chi connectivity index (χ1n) is 7.34. The molecule has 110 valence electrons. The number of nitrogens with zero attached hydrogens (tertiary/aromatic N) is 1. The lowest BCUT2D eigenvalue weighted by molar-refractivity contribution is -0.128. The molecule has 1 aliphatic heterocycles. The molecule has 1 N–H and O–H groups in total. The zero-order valence-electron chi connectivity index (χ0n) is 12.0. The van der Waals surface area contributed by atoms with Crippen molar-refractivity contribution >= 4 is 28.6 Å². The Hall–Kier alpha value is -2.20. The summed E-state index contributed by atoms with van der Waals surface area (Å²) in [5.74, 6) is 0.755. The molecule has 1 atom stereocenters. The molecule has 3 nitrogen and oxygen atoms in total. The molecule has 1 aromatic heterocycles. The number of thioether (sulfide) groups is 1. The number of H-pyrrole nitrogens is 1. The van der Waals surface area contributed by atoms with Gasteiger partial charge in [0, 0.05) is 17.8 Å². The van der Waals surface area contributed by atoms with E-state index in [4.69, 9.17) is 0 Å². The van der Waals surface area contributed by atoms with Gasteiger partial charge in [-0.05, 0) is 23.1 Å². The average molecular weight is 308 g/mol. The Morgan fingerprint density at radius 3 is 2.68 bits per heavy atom. The Kier molecular flexibility index (Phi) is 3.39. The van der Waals surface area contributed by atoms with Gasteiger partial charge in [0.05, 0.1) is 5.75 Å². The van der Waals surface area contributed by atoms with Crippen LogP contribution in [0.25, 0.3) is 10.9 Å². The highest BCUT2D eigenvalue weighted by Gasteiger charge is 2.33. The van der Waals surface area contributed by atoms with Crippen molar-refractivity contribution in [1.29, 1.82) is 0 Å². The van der Waals surface area contributed by atoms with E-state index < -0.39 is 0 Å². The van der Waals surface area contributed by atoms with Crippen LogP contribution in [-0.2, 0) is 11.3 Å². The monoisotopic (exact) mass is 308 g/mol. The van der Waals surface area contributed by atoms with Crippen LogP contribution in [0.4, 0.5) is 0 Å². The summed E-state index contributed by atoms with van der Waals surface area (Å²) < 4.78 is 0. The second kappa shape index (κ2) is 5.54. The van der Waals surface area contributed by atoms with Gasteiger partial charge in [0.25, 0.3) is 0 Å². The molecule has 0 saturated carbocycles. The van der Waals surface area contributed by atoms with Crippen LogP contribution in [0.5, 0.6) is 0 Å². The van der Waals surface area contributed by atoms with Crippen LogP contribution >= 0.6 is 11.8 Å². The molecule has 1 amide bonds. The number of rotatable bonds is 3. The van der Waals surface area contributed by atoms with Gasteiger partial charge in [-0.1, -0.05) is 48.5 Å². The topological polar surface area (TPSA) is 36.1 Å². The molecule has 1 saturated heterocycles. The quantitative estimate of drug-likeness (QED) is 0.795. The molecular weight excluding hydrogens is 292 g/mol. The van der Waals surface area contributed by atoms with E-state index in [1.54, 1.807) is 11.8 Å². The minimum absolute atomic E-state index is 0.0695. The molecule has 1 aliphatic rings. The highest BCUT2D eigenvalue weighted by atomic mass is 32.2. The van der Waals surface area contributed by atoms with Crippen LogP contribution < -0.4 is 0 Å². The number of carbonyl (C=O) groups is 1. The van der Waals surface area contributed by atoms with Crippen molar-refractivity contribution in [3.63, 3.8) is 0 Å². The van der Waals surface area contributed by atoms with Gasteiger partial charge >= 0.3 is 0 Å². The number of nitrogens with one attached hydrogen (secondary N) is 1. The zero-order valence-corrected chi connectivity index (χ0v) is 12.8. The number of para-hydroxylation sites is 1. The molecule has 0 radical (unpaired) electrons. The molecule has 4 rings (SSSR count). The zero-order chi connectivity index (χ0) is 14.9. The summed E-state index contributed by atoms with van der Waals surface area (Å²) in [4.78, 5) is 17.7. The number of aromatic amines is 1. The molecule has 2 heterocycles. The first kappa shape index (κ1) is 13.5. The lowest BCUT2D eigenvalue weighted by Gasteiger charge is -2.23. The Labute approximate surface area is 133 Å². The van der Waals surface area contributed by atoms with Crippen molar-refractivity contribution < 1.29 is 4.79 Å². The predicted molar refractivity (Wildman–Crippen MR) is 90.5 cm³/mol. The third kappa shape index (κ3) is 2.40. The fourth-order valence-corrected chi connectivity index (χ4v) is 4.04. The van der Waals surface area contributed by atoms with Crippen molar-refractivity contribution in [2.75, 3.05) is 5.75 Å². The Morgan fingerprint density at radius 2 is 1.86 bits per heavy atom. The third-order valence-corrected chi connectivity index (χ3v) is 5.22. The average Bonchev–Trinajstić information content (AvgIpc) is 3.12. The molecule has 3 aromatic rings. The largest absolute Gasteiger partial charge is 0.356 e. The van der Waals surface area contributed by atoms with Crippen molar-refractivity contribution in [3.05, 3.63) is 71.9 Å². The van der Waals surface area contributed by atoms with E-state index in [1.807, 2.05) is 35.2 Å². The van der Waals surface area contributed by atoms with E-state index in [0.29, 0.717) is 12.3 Å². The van der Waals surface area contributed by atoms with Crippen LogP contribution in [-0.4, -0.2) is 21.5 Å². The lowest BCUT2D eigenvalue weighted by atomic mass is 10.2. The van der Waals surface area contributed by atoms with Gasteiger partial charge in [-0.2, -0.15) is 0 Å². The Morgan fingerprint density at radius 1 is 1.09 bits per heavy atom. The van der Waals surface area contributed by atoms with Crippen LogP contribution in [0, 0.1) is 0 Å². The first-order valence-corrected chi connectivity index (χ1v) is 8.39. The number of amides is 1. The van der Waals surface area contributed by atoms with Crippen LogP contribution in [0.2, 0.25) is 0 Å². The summed E-state index contributed by atoms with van der Waals surface area (Å²) in [5, 5.41) is 1.26. The highest BCUT2D eigenvalue weighted by molar-refractivity contribution is 8.00. The number of carbonyl (C=O) groups excluding carboxylic acids is 1. The third-order valence-electron chi connectivity index (χ3n) is 3.98. The molecule has 0 spiro atoms. The highest BCUT2D eigenvalue weighted by Crippen LogP contribution is 2.40. The van der Waals surface area contributed by atoms with Crippen LogP contribution in [0.1, 0.15) is 16.6 Å². The number of aromatic nitrogens is 1. The summed E-state index contributed by atoms with van der Waals surface area (Å²) >= 11 is 1.69. The maximum absolute atomic E-state index is 12.3. The lowest BCUT2D eigenvalue weighted by Crippen LogP contribution is -2.27. The molecule has 2 aromatic carbocycles. The van der Waals surface area contributed by atoms with Gasteiger partial charge in [-0.3, -0.25) is 4.79 Å². The van der Waals surface area contributed by atoms with Crippen molar-refractivity contribution in [2.45, 2.75) is 11.9 Å². The van der Waals surface area contributed by atoms with Gasteiger partial charge in [0.15, 0.2) is 0 Å². The number of benzene rings is 2. The molecule has 4 heteroatoms. The molecular formula is C18H16N2OS. The summed E-state index contributed by atoms with van der Waals surface area (Å²) in [6.07, 6.45) is 0. The first-order chi connectivity index (χ1) is 10.8. The summed E-state index contributed by atoms with van der Waals surface area (Å²) in [6, 6.07) is 20.5. The normalized spacial score (nSPS) is 18.3. The number of hydrogen-bond donors (Lipinski definition) is 1. The Bertz CT molecular complexity index is 779. The number of hydrogen-bond acceptors (Lipinski definition) is 2. The minimum Gasteiger partial charge on any atom is -0.356 e. The van der Waals surface area contributed by atoms with Gasteiger partial charge in [0.2, 0.25) is 5.91 Å². The fourth-order valence-electron chi connectivity index (χ4n) is 2.89. The summed E-state index contributed by atoms with van der Waals surface area (Å²) in [5.41, 5.74) is 3.39. The Balaban J connectivity index is 1.66. The van der Waals surface area contributed by atoms with Gasteiger partial charge in [-0.15, -0.1) is 11.8 Å². The number of fused-ring (bicyclic) bond motifs is 1. The molecule has 0 bridgehead atoms. The molecule has 22 heavy (non-hydrogen) atoms. The smallest absolute Gasteiger partial charge is 0.234 e. The van der Waals surface area contributed by atoms with Crippen molar-refractivity contribution in [2.24, 2.45) is 0 Å². The van der Waals surface area contributed by atoms with Gasteiger partial charge in [-0.25, -0.2) is 0 Å². The molecule has 0 aliphatic carbocycles. The van der Waals surface area contributed by atoms with Crippen molar-refractivity contribution in [3.8, 4) is 0 Å².